The number of aryl methyl sites for hydroxylation is 1. The van der Waals surface area contributed by atoms with Gasteiger partial charge in [0.25, 0.3) is 0 Å². The molecule has 8 heteroatoms. The maximum atomic E-state index is 12.6. The van der Waals surface area contributed by atoms with Crippen molar-refractivity contribution in [2.45, 2.75) is 6.18 Å². The average Bonchev–Trinajstić information content (AvgIpc) is 2.59. The van der Waals surface area contributed by atoms with E-state index in [1.807, 2.05) is 0 Å². The monoisotopic (exact) mass is 335 g/mol. The molecule has 0 aliphatic rings. The first-order valence-electron chi connectivity index (χ1n) is 5.09. The Balaban J connectivity index is 2.64. The van der Waals surface area contributed by atoms with E-state index in [0.717, 1.165) is 6.07 Å². The van der Waals surface area contributed by atoms with Gasteiger partial charge in [-0.15, -0.1) is 0 Å². The fourth-order valence-corrected chi connectivity index (χ4v) is 2.33. The number of hydrogen-bond donors (Lipinski definition) is 2. The molecule has 0 aliphatic heterocycles. The summed E-state index contributed by atoms with van der Waals surface area (Å²) in [5.74, 6) is -0.267. The highest BCUT2D eigenvalue weighted by Gasteiger charge is 2.32. The molecule has 0 amide bonds. The minimum atomic E-state index is -4.53. The predicted molar refractivity (Wildman–Crippen MR) is 67.4 cm³/mol. The fraction of sp³-hybridized carbons (Fsp3) is 0.182. The summed E-state index contributed by atoms with van der Waals surface area (Å²) < 4.78 is 39.2. The van der Waals surface area contributed by atoms with Gasteiger partial charge in [0.05, 0.1) is 11.8 Å². The summed E-state index contributed by atoms with van der Waals surface area (Å²) in [7, 11) is 1.59. The lowest BCUT2D eigenvalue weighted by Gasteiger charge is -2.12. The number of nitrogen functional groups attached to an aromatic ring is 1. The molecule has 2 rings (SSSR count). The Morgan fingerprint density at radius 1 is 1.37 bits per heavy atom. The Hall–Kier alpha value is -1.70. The van der Waals surface area contributed by atoms with Gasteiger partial charge in [0.2, 0.25) is 0 Å². The van der Waals surface area contributed by atoms with Crippen molar-refractivity contribution in [3.8, 4) is 16.9 Å². The van der Waals surface area contributed by atoms with Gasteiger partial charge >= 0.3 is 6.18 Å². The minimum Gasteiger partial charge on any atom is -0.507 e. The number of phenols is 1. The second-order valence-corrected chi connectivity index (χ2v) is 4.77. The Bertz CT molecular complexity index is 614. The first-order chi connectivity index (χ1) is 8.71. The Labute approximate surface area is 114 Å². The lowest BCUT2D eigenvalue weighted by atomic mass is 10.0. The smallest absolute Gasteiger partial charge is 0.416 e. The summed E-state index contributed by atoms with van der Waals surface area (Å²) >= 11 is 3.02. The third-order valence-electron chi connectivity index (χ3n) is 2.65. The van der Waals surface area contributed by atoms with Crippen LogP contribution in [0, 0.1) is 0 Å². The van der Waals surface area contributed by atoms with Crippen LogP contribution >= 0.6 is 15.9 Å². The van der Waals surface area contributed by atoms with Crippen LogP contribution in [-0.4, -0.2) is 14.9 Å². The molecule has 0 saturated carbocycles. The van der Waals surface area contributed by atoms with Crippen molar-refractivity contribution >= 4 is 21.7 Å². The highest BCUT2D eigenvalue weighted by molar-refractivity contribution is 9.10. The molecule has 0 bridgehead atoms. The van der Waals surface area contributed by atoms with E-state index in [2.05, 4.69) is 21.0 Å². The molecule has 1 heterocycles. The molecule has 1 aromatic heterocycles. The number of benzene rings is 1. The molecular weight excluding hydrogens is 327 g/mol. The first kappa shape index (κ1) is 13.7. The van der Waals surface area contributed by atoms with Crippen LogP contribution in [0.25, 0.3) is 11.1 Å². The van der Waals surface area contributed by atoms with Crippen LogP contribution in [0.2, 0.25) is 0 Å². The van der Waals surface area contributed by atoms with Crippen LogP contribution in [0.15, 0.2) is 22.8 Å². The number of nitrogens with two attached hydrogens (primary N) is 1. The van der Waals surface area contributed by atoms with Gasteiger partial charge < -0.3 is 10.8 Å². The molecule has 4 nitrogen and oxygen atoms in total. The van der Waals surface area contributed by atoms with Crippen molar-refractivity contribution in [3.05, 3.63) is 28.4 Å². The van der Waals surface area contributed by atoms with Gasteiger partial charge in [-0.1, -0.05) is 0 Å². The van der Waals surface area contributed by atoms with E-state index < -0.39 is 17.5 Å². The molecular formula is C11H9BrF3N3O. The van der Waals surface area contributed by atoms with Crippen LogP contribution in [0.3, 0.4) is 0 Å². The maximum absolute atomic E-state index is 12.6. The first-order valence-corrected chi connectivity index (χ1v) is 5.88. The topological polar surface area (TPSA) is 64.1 Å². The van der Waals surface area contributed by atoms with Crippen molar-refractivity contribution in [2.24, 2.45) is 7.05 Å². The fourth-order valence-electron chi connectivity index (χ4n) is 1.66. The van der Waals surface area contributed by atoms with E-state index in [0.29, 0.717) is 11.6 Å². The summed E-state index contributed by atoms with van der Waals surface area (Å²) in [5, 5.41) is 13.7. The Morgan fingerprint density at radius 3 is 2.42 bits per heavy atom. The zero-order valence-electron chi connectivity index (χ0n) is 9.66. The van der Waals surface area contributed by atoms with E-state index in [1.54, 1.807) is 7.05 Å². The highest BCUT2D eigenvalue weighted by Crippen LogP contribution is 2.43. The number of anilines is 1. The van der Waals surface area contributed by atoms with Crippen LogP contribution in [0.4, 0.5) is 19.0 Å². The van der Waals surface area contributed by atoms with E-state index in [9.17, 15) is 18.3 Å². The SMILES string of the molecule is Cn1ncc(-c2c(O)cc(C(F)(F)F)cc2Br)c1N. The number of hydrogen-bond acceptors (Lipinski definition) is 3. The Kier molecular flexibility index (Phi) is 3.21. The van der Waals surface area contributed by atoms with E-state index in [4.69, 9.17) is 5.73 Å². The van der Waals surface area contributed by atoms with Crippen molar-refractivity contribution in [1.29, 1.82) is 0 Å². The molecule has 0 atom stereocenters. The minimum absolute atomic E-state index is 0.0968. The lowest BCUT2D eigenvalue weighted by Crippen LogP contribution is -2.05. The number of phenolic OH excluding ortho intramolecular Hbond substituents is 1. The zero-order chi connectivity index (χ0) is 14.4. The molecule has 3 N–H and O–H groups in total. The van der Waals surface area contributed by atoms with E-state index in [1.165, 1.54) is 10.9 Å². The Morgan fingerprint density at radius 2 is 2.00 bits per heavy atom. The van der Waals surface area contributed by atoms with Gasteiger partial charge in [-0.3, -0.25) is 4.68 Å². The molecule has 19 heavy (non-hydrogen) atoms. The average molecular weight is 336 g/mol. The normalized spacial score (nSPS) is 11.8. The summed E-state index contributed by atoms with van der Waals surface area (Å²) in [6, 6.07) is 1.55. The molecule has 102 valence electrons. The standard InChI is InChI=1S/C11H9BrF3N3O/c1-18-10(16)6(4-17-18)9-7(12)2-5(3-8(9)19)11(13,14)15/h2-4,19H,16H2,1H3. The van der Waals surface area contributed by atoms with Gasteiger partial charge in [0.15, 0.2) is 0 Å². The van der Waals surface area contributed by atoms with Gasteiger partial charge in [0.1, 0.15) is 11.6 Å². The van der Waals surface area contributed by atoms with Gasteiger partial charge in [-0.05, 0) is 28.1 Å². The number of aromatic hydroxyl groups is 1. The second-order valence-electron chi connectivity index (χ2n) is 3.92. The summed E-state index contributed by atoms with van der Waals surface area (Å²) in [6.07, 6.45) is -3.15. The second kappa shape index (κ2) is 4.44. The molecule has 0 aliphatic carbocycles. The van der Waals surface area contributed by atoms with Crippen molar-refractivity contribution in [3.63, 3.8) is 0 Å². The zero-order valence-corrected chi connectivity index (χ0v) is 11.2. The largest absolute Gasteiger partial charge is 0.507 e. The van der Waals surface area contributed by atoms with Crippen LogP contribution in [0.5, 0.6) is 5.75 Å². The third-order valence-corrected chi connectivity index (χ3v) is 3.28. The molecule has 0 unspecified atom stereocenters. The number of alkyl halides is 3. The molecule has 0 fully saturated rings. The summed E-state index contributed by atoms with van der Waals surface area (Å²) in [6.45, 7) is 0. The number of nitrogens with zero attached hydrogens (tertiary/aromatic N) is 2. The van der Waals surface area contributed by atoms with E-state index in [-0.39, 0.29) is 15.9 Å². The van der Waals surface area contributed by atoms with Gasteiger partial charge in [-0.2, -0.15) is 18.3 Å². The summed E-state index contributed by atoms with van der Waals surface area (Å²) in [4.78, 5) is 0. The van der Waals surface area contributed by atoms with Crippen molar-refractivity contribution < 1.29 is 18.3 Å². The van der Waals surface area contributed by atoms with Crippen molar-refractivity contribution in [2.75, 3.05) is 5.73 Å². The van der Waals surface area contributed by atoms with Gasteiger partial charge in [-0.25, -0.2) is 0 Å². The summed E-state index contributed by atoms with van der Waals surface area (Å²) in [5.41, 5.74) is 5.34. The molecule has 0 saturated heterocycles. The predicted octanol–water partition coefficient (Wildman–Crippen LogP) is 3.16. The van der Waals surface area contributed by atoms with Crippen LogP contribution in [0.1, 0.15) is 5.56 Å². The molecule has 0 radical (unpaired) electrons. The van der Waals surface area contributed by atoms with Crippen LogP contribution in [-0.2, 0) is 13.2 Å². The molecule has 2 aromatic rings. The maximum Gasteiger partial charge on any atom is 0.416 e. The number of aromatic nitrogens is 2. The number of halogens is 4. The number of rotatable bonds is 1. The van der Waals surface area contributed by atoms with Crippen molar-refractivity contribution in [1.82, 2.24) is 9.78 Å². The molecule has 0 spiro atoms. The van der Waals surface area contributed by atoms with Gasteiger partial charge in [0, 0.05) is 22.6 Å². The quantitative estimate of drug-likeness (QED) is 0.841. The molecule has 1 aromatic carbocycles. The van der Waals surface area contributed by atoms with Crippen LogP contribution < -0.4 is 5.73 Å². The third kappa shape index (κ3) is 2.40. The highest BCUT2D eigenvalue weighted by atomic mass is 79.9. The lowest BCUT2D eigenvalue weighted by molar-refractivity contribution is -0.137. The van der Waals surface area contributed by atoms with E-state index >= 15 is 0 Å².